The second-order valence-corrected chi connectivity index (χ2v) is 7.85. The minimum Gasteiger partial charge on any atom is -0.406 e. The first-order valence-corrected chi connectivity index (χ1v) is 10.4. The van der Waals surface area contributed by atoms with Gasteiger partial charge in [0.15, 0.2) is 0 Å². The van der Waals surface area contributed by atoms with Gasteiger partial charge in [-0.05, 0) is 37.6 Å². The van der Waals surface area contributed by atoms with E-state index < -0.39 is 18.2 Å². The second-order valence-electron chi connectivity index (χ2n) is 7.85. The van der Waals surface area contributed by atoms with E-state index >= 15 is 0 Å². The summed E-state index contributed by atoms with van der Waals surface area (Å²) in [4.78, 5) is 29.3. The molecule has 8 nitrogen and oxygen atoms in total. The maximum atomic E-state index is 12.6. The molecule has 2 aromatic heterocycles. The van der Waals surface area contributed by atoms with Crippen molar-refractivity contribution in [3.05, 3.63) is 76.7 Å². The predicted molar refractivity (Wildman–Crippen MR) is 122 cm³/mol. The van der Waals surface area contributed by atoms with Gasteiger partial charge in [0.05, 0.1) is 23.3 Å². The number of para-hydroxylation sites is 1. The van der Waals surface area contributed by atoms with E-state index in [0.717, 1.165) is 0 Å². The predicted octanol–water partition coefficient (Wildman–Crippen LogP) is 3.86. The van der Waals surface area contributed by atoms with Crippen molar-refractivity contribution in [2.75, 3.05) is 0 Å². The molecule has 4 rings (SSSR count). The summed E-state index contributed by atoms with van der Waals surface area (Å²) in [6, 6.07) is 12.2. The number of aromatic nitrogens is 3. The zero-order chi connectivity index (χ0) is 25.5. The van der Waals surface area contributed by atoms with Gasteiger partial charge in [-0.25, -0.2) is 4.98 Å². The molecule has 0 radical (unpaired) electrons. The van der Waals surface area contributed by atoms with Crippen LogP contribution in [0.25, 0.3) is 22.0 Å². The third kappa shape index (κ3) is 4.65. The van der Waals surface area contributed by atoms with Crippen LogP contribution in [0.15, 0.2) is 48.5 Å². The third-order valence-electron chi connectivity index (χ3n) is 5.47. The zero-order valence-electron chi connectivity index (χ0n) is 18.7. The largest absolute Gasteiger partial charge is 0.573 e. The van der Waals surface area contributed by atoms with Crippen molar-refractivity contribution in [3.8, 4) is 16.9 Å². The lowest BCUT2D eigenvalue weighted by Gasteiger charge is -2.15. The van der Waals surface area contributed by atoms with Crippen molar-refractivity contribution in [1.82, 2.24) is 14.8 Å². The van der Waals surface area contributed by atoms with Crippen LogP contribution in [-0.2, 0) is 6.54 Å². The van der Waals surface area contributed by atoms with Crippen LogP contribution in [0.2, 0.25) is 0 Å². The molecule has 2 heterocycles. The SMILES string of the molecule is Cc1nn(Cc2cccc(OC(F)(F)F)c2)c(C)c1-c1c(C(N)=O)nc2ccccc2c1C(N)=O. The molecule has 0 fully saturated rings. The highest BCUT2D eigenvalue weighted by Gasteiger charge is 2.31. The zero-order valence-corrected chi connectivity index (χ0v) is 18.7. The Hall–Kier alpha value is -4.41. The maximum Gasteiger partial charge on any atom is 0.573 e. The van der Waals surface area contributed by atoms with E-state index in [1.54, 1.807) is 48.9 Å². The summed E-state index contributed by atoms with van der Waals surface area (Å²) in [6.45, 7) is 3.48. The van der Waals surface area contributed by atoms with Crippen molar-refractivity contribution in [3.63, 3.8) is 0 Å². The first-order valence-electron chi connectivity index (χ1n) is 10.4. The number of fused-ring (bicyclic) bond motifs is 1. The van der Waals surface area contributed by atoms with E-state index in [1.807, 2.05) is 0 Å². The number of hydrogen-bond donors (Lipinski definition) is 2. The molecule has 0 spiro atoms. The molecule has 4 aromatic rings. The van der Waals surface area contributed by atoms with Crippen molar-refractivity contribution in [2.45, 2.75) is 26.8 Å². The minimum absolute atomic E-state index is 0.0794. The molecule has 0 aliphatic carbocycles. The van der Waals surface area contributed by atoms with Crippen LogP contribution in [0.1, 0.15) is 37.8 Å². The van der Waals surface area contributed by atoms with Gasteiger partial charge >= 0.3 is 6.36 Å². The first kappa shape index (κ1) is 23.7. The van der Waals surface area contributed by atoms with Gasteiger partial charge in [0, 0.05) is 22.2 Å². The Bertz CT molecular complexity index is 1480. The topological polar surface area (TPSA) is 126 Å². The van der Waals surface area contributed by atoms with E-state index in [9.17, 15) is 22.8 Å². The first-order chi connectivity index (χ1) is 16.5. The standard InChI is InChI=1S/C24H20F3N5O3/c1-12-18(13(2)32(31-12)11-14-6-5-7-15(10-14)35-24(25,26)27)20-19(22(28)33)16-8-3-4-9-17(16)30-21(20)23(29)34/h3-10H,11H2,1-2H3,(H2,28,33)(H2,29,34). The molecule has 0 atom stereocenters. The number of ether oxygens (including phenoxy) is 1. The van der Waals surface area contributed by atoms with Gasteiger partial charge in [-0.2, -0.15) is 5.10 Å². The van der Waals surface area contributed by atoms with Gasteiger partial charge < -0.3 is 16.2 Å². The molecule has 11 heteroatoms. The lowest BCUT2D eigenvalue weighted by molar-refractivity contribution is -0.274. The number of aryl methyl sites for hydroxylation is 1. The van der Waals surface area contributed by atoms with Crippen LogP contribution in [0.4, 0.5) is 13.2 Å². The number of nitrogens with zero attached hydrogens (tertiary/aromatic N) is 3. The number of nitrogens with two attached hydrogens (primary N) is 2. The number of primary amides is 2. The lowest BCUT2D eigenvalue weighted by atomic mass is 9.92. The number of benzene rings is 2. The van der Waals surface area contributed by atoms with Gasteiger partial charge in [-0.15, -0.1) is 13.2 Å². The number of carbonyl (C=O) groups excluding carboxylic acids is 2. The summed E-state index contributed by atoms with van der Waals surface area (Å²) in [6.07, 6.45) is -4.82. The van der Waals surface area contributed by atoms with Crippen molar-refractivity contribution in [2.24, 2.45) is 11.5 Å². The molecule has 0 aliphatic heterocycles. The fraction of sp³-hybridized carbons (Fsp3) is 0.167. The summed E-state index contributed by atoms with van der Waals surface area (Å²) in [5.41, 5.74) is 13.8. The second kappa shape index (κ2) is 8.75. The summed E-state index contributed by atoms with van der Waals surface area (Å²) < 4.78 is 43.3. The molecular weight excluding hydrogens is 463 g/mol. The van der Waals surface area contributed by atoms with Crippen molar-refractivity contribution < 1.29 is 27.5 Å². The van der Waals surface area contributed by atoms with Crippen LogP contribution in [0.3, 0.4) is 0 Å². The molecule has 2 aromatic carbocycles. The fourth-order valence-corrected chi connectivity index (χ4v) is 4.12. The monoisotopic (exact) mass is 483 g/mol. The van der Waals surface area contributed by atoms with E-state index in [4.69, 9.17) is 11.5 Å². The summed E-state index contributed by atoms with van der Waals surface area (Å²) in [5.74, 6) is -1.98. The molecule has 35 heavy (non-hydrogen) atoms. The average Bonchev–Trinajstić information content (AvgIpc) is 3.03. The van der Waals surface area contributed by atoms with E-state index in [2.05, 4.69) is 14.8 Å². The van der Waals surface area contributed by atoms with Crippen molar-refractivity contribution in [1.29, 1.82) is 0 Å². The summed E-state index contributed by atoms with van der Waals surface area (Å²) >= 11 is 0. The smallest absolute Gasteiger partial charge is 0.406 e. The molecule has 2 amide bonds. The Morgan fingerprint density at radius 1 is 1.00 bits per heavy atom. The Labute approximate surface area is 197 Å². The number of amides is 2. The molecular formula is C24H20F3N5O3. The maximum absolute atomic E-state index is 12.6. The number of rotatable bonds is 6. The van der Waals surface area contributed by atoms with Crippen LogP contribution in [0, 0.1) is 13.8 Å². The molecule has 0 bridgehead atoms. The van der Waals surface area contributed by atoms with Gasteiger partial charge in [0.25, 0.3) is 5.91 Å². The van der Waals surface area contributed by atoms with Gasteiger partial charge in [0.2, 0.25) is 5.91 Å². The molecule has 180 valence electrons. The highest BCUT2D eigenvalue weighted by Crippen LogP contribution is 2.36. The van der Waals surface area contributed by atoms with Crippen molar-refractivity contribution >= 4 is 22.7 Å². The van der Waals surface area contributed by atoms with E-state index in [1.165, 1.54) is 18.2 Å². The number of carbonyl (C=O) groups is 2. The van der Waals surface area contributed by atoms with Gasteiger partial charge in [-0.3, -0.25) is 14.3 Å². The Morgan fingerprint density at radius 2 is 1.71 bits per heavy atom. The van der Waals surface area contributed by atoms with E-state index in [-0.39, 0.29) is 29.1 Å². The quantitative estimate of drug-likeness (QED) is 0.431. The highest BCUT2D eigenvalue weighted by atomic mass is 19.4. The number of hydrogen-bond acceptors (Lipinski definition) is 5. The summed E-state index contributed by atoms with van der Waals surface area (Å²) in [7, 11) is 0. The number of pyridine rings is 1. The van der Waals surface area contributed by atoms with E-state index in [0.29, 0.717) is 33.4 Å². The molecule has 0 saturated carbocycles. The lowest BCUT2D eigenvalue weighted by Crippen LogP contribution is -2.21. The summed E-state index contributed by atoms with van der Waals surface area (Å²) in [5, 5.41) is 4.94. The highest BCUT2D eigenvalue weighted by molar-refractivity contribution is 6.15. The van der Waals surface area contributed by atoms with Crippen LogP contribution < -0.4 is 16.2 Å². The van der Waals surface area contributed by atoms with Gasteiger partial charge in [-0.1, -0.05) is 30.3 Å². The Balaban J connectivity index is 1.88. The Kier molecular flexibility index (Phi) is 5.93. The van der Waals surface area contributed by atoms with Gasteiger partial charge in [0.1, 0.15) is 11.4 Å². The Morgan fingerprint density at radius 3 is 2.37 bits per heavy atom. The fourth-order valence-electron chi connectivity index (χ4n) is 4.12. The molecule has 4 N–H and O–H groups in total. The van der Waals surface area contributed by atoms with Crippen LogP contribution in [0.5, 0.6) is 5.75 Å². The third-order valence-corrected chi connectivity index (χ3v) is 5.47. The average molecular weight is 483 g/mol. The number of halogens is 3. The van der Waals surface area contributed by atoms with Crippen LogP contribution >= 0.6 is 0 Å². The van der Waals surface area contributed by atoms with Crippen LogP contribution in [-0.4, -0.2) is 32.9 Å². The molecule has 0 saturated heterocycles. The minimum atomic E-state index is -4.82. The molecule has 0 unspecified atom stereocenters. The normalized spacial score (nSPS) is 11.6. The molecule has 0 aliphatic rings. The number of alkyl halides is 3.